The summed E-state index contributed by atoms with van der Waals surface area (Å²) < 4.78 is 22.2. The Labute approximate surface area is 164 Å². The largest absolute Gasteiger partial charge is 0.493 e. The lowest BCUT2D eigenvalue weighted by atomic mass is 10.2. The van der Waals surface area contributed by atoms with Gasteiger partial charge in [-0.25, -0.2) is 4.98 Å². The molecule has 0 atom stereocenters. The first-order chi connectivity index (χ1) is 13.1. The highest BCUT2D eigenvalue weighted by Gasteiger charge is 2.18. The zero-order valence-corrected chi connectivity index (χ0v) is 16.5. The van der Waals surface area contributed by atoms with Crippen molar-refractivity contribution in [3.8, 4) is 34.6 Å². The van der Waals surface area contributed by atoms with Crippen molar-refractivity contribution in [1.82, 2.24) is 4.98 Å². The van der Waals surface area contributed by atoms with Crippen LogP contribution in [0.3, 0.4) is 0 Å². The van der Waals surface area contributed by atoms with Crippen LogP contribution in [-0.2, 0) is 0 Å². The molecule has 0 aliphatic heterocycles. The first-order valence-electron chi connectivity index (χ1n) is 7.86. The molecule has 1 aromatic heterocycles. The third-order valence-electron chi connectivity index (χ3n) is 3.72. The average molecular weight is 433 g/mol. The van der Waals surface area contributed by atoms with Crippen molar-refractivity contribution >= 4 is 27.8 Å². The summed E-state index contributed by atoms with van der Waals surface area (Å²) in [6, 6.07) is 10.8. The summed E-state index contributed by atoms with van der Waals surface area (Å²) in [6.07, 6.45) is 1.43. The molecule has 27 heavy (non-hydrogen) atoms. The van der Waals surface area contributed by atoms with Crippen LogP contribution in [0.2, 0.25) is 0 Å². The summed E-state index contributed by atoms with van der Waals surface area (Å²) in [5.74, 6) is 1.21. The maximum atomic E-state index is 10.1. The van der Waals surface area contributed by atoms with E-state index in [0.29, 0.717) is 28.5 Å². The molecule has 1 N–H and O–H groups in total. The number of benzene rings is 2. The number of hydrogen-bond donors (Lipinski definition) is 1. The molecule has 1 heterocycles. The molecule has 140 valence electrons. The van der Waals surface area contributed by atoms with Crippen molar-refractivity contribution in [2.75, 3.05) is 21.3 Å². The molecule has 3 rings (SSSR count). The van der Waals surface area contributed by atoms with E-state index in [-0.39, 0.29) is 17.5 Å². The summed E-state index contributed by atoms with van der Waals surface area (Å²) >= 11 is 3.42. The van der Waals surface area contributed by atoms with Gasteiger partial charge in [0.1, 0.15) is 0 Å². The van der Waals surface area contributed by atoms with E-state index >= 15 is 0 Å². The Morgan fingerprint density at radius 1 is 1.07 bits per heavy atom. The van der Waals surface area contributed by atoms with Gasteiger partial charge in [0.25, 0.3) is 0 Å². The standard InChI is InChI=1S/C19H17BrN2O5/c1-24-15-8-11(9-16(25-2)17(15)26-3)18-22-14(19(23)27-18)10-21-13-7-5-4-6-12(13)20/h4-10,23H,1-3H3. The van der Waals surface area contributed by atoms with Gasteiger partial charge in [-0.2, -0.15) is 0 Å². The van der Waals surface area contributed by atoms with Crippen LogP contribution in [0.25, 0.3) is 11.5 Å². The van der Waals surface area contributed by atoms with Crippen LogP contribution in [0, 0.1) is 0 Å². The van der Waals surface area contributed by atoms with Gasteiger partial charge in [-0.05, 0) is 40.2 Å². The minimum Gasteiger partial charge on any atom is -0.493 e. The van der Waals surface area contributed by atoms with E-state index in [1.165, 1.54) is 27.5 Å². The van der Waals surface area contributed by atoms with Crippen molar-refractivity contribution in [2.24, 2.45) is 4.99 Å². The Morgan fingerprint density at radius 3 is 2.33 bits per heavy atom. The average Bonchev–Trinajstić information content (AvgIpc) is 3.06. The van der Waals surface area contributed by atoms with Crippen molar-refractivity contribution < 1.29 is 23.7 Å². The number of aliphatic imine (C=N–C) groups is 1. The lowest BCUT2D eigenvalue weighted by Crippen LogP contribution is -1.95. The van der Waals surface area contributed by atoms with Gasteiger partial charge in [-0.15, -0.1) is 0 Å². The number of hydrogen-bond acceptors (Lipinski definition) is 7. The summed E-state index contributed by atoms with van der Waals surface area (Å²) in [5, 5.41) is 10.1. The predicted octanol–water partition coefficient (Wildman–Crippen LogP) is 4.59. The van der Waals surface area contributed by atoms with E-state index in [9.17, 15) is 5.11 Å². The van der Waals surface area contributed by atoms with E-state index < -0.39 is 0 Å². The second kappa shape index (κ2) is 8.13. The molecule has 3 aromatic rings. The molecule has 0 aliphatic rings. The van der Waals surface area contributed by atoms with Crippen molar-refractivity contribution in [3.05, 3.63) is 46.6 Å². The highest BCUT2D eigenvalue weighted by atomic mass is 79.9. The molecule has 0 bridgehead atoms. The zero-order chi connectivity index (χ0) is 19.4. The van der Waals surface area contributed by atoms with Crippen LogP contribution in [0.4, 0.5) is 5.69 Å². The van der Waals surface area contributed by atoms with Crippen LogP contribution >= 0.6 is 15.9 Å². The molecule has 0 fully saturated rings. The Balaban J connectivity index is 1.98. The maximum absolute atomic E-state index is 10.1. The minimum atomic E-state index is -0.338. The molecule has 0 unspecified atom stereocenters. The molecule has 0 saturated carbocycles. The summed E-state index contributed by atoms with van der Waals surface area (Å²) in [6.45, 7) is 0. The normalized spacial score (nSPS) is 11.0. The topological polar surface area (TPSA) is 86.3 Å². The van der Waals surface area contributed by atoms with Gasteiger partial charge < -0.3 is 23.7 Å². The number of halogens is 1. The number of ether oxygens (including phenoxy) is 3. The van der Waals surface area contributed by atoms with Crippen molar-refractivity contribution in [1.29, 1.82) is 0 Å². The highest BCUT2D eigenvalue weighted by molar-refractivity contribution is 9.10. The van der Waals surface area contributed by atoms with Crippen LogP contribution in [-0.4, -0.2) is 37.6 Å². The summed E-state index contributed by atoms with van der Waals surface area (Å²) in [4.78, 5) is 8.61. The van der Waals surface area contributed by atoms with Gasteiger partial charge in [-0.1, -0.05) is 12.1 Å². The minimum absolute atomic E-state index is 0.195. The van der Waals surface area contributed by atoms with Gasteiger partial charge in [0, 0.05) is 10.0 Å². The maximum Gasteiger partial charge on any atom is 0.312 e. The number of aromatic nitrogens is 1. The number of aromatic hydroxyl groups is 1. The fraction of sp³-hybridized carbons (Fsp3) is 0.158. The fourth-order valence-corrected chi connectivity index (χ4v) is 2.81. The summed E-state index contributed by atoms with van der Waals surface area (Å²) in [7, 11) is 4.56. The predicted molar refractivity (Wildman–Crippen MR) is 105 cm³/mol. The number of oxazole rings is 1. The zero-order valence-electron chi connectivity index (χ0n) is 14.9. The Kier molecular flexibility index (Phi) is 5.66. The van der Waals surface area contributed by atoms with Gasteiger partial charge in [0.15, 0.2) is 17.2 Å². The van der Waals surface area contributed by atoms with Crippen molar-refractivity contribution in [2.45, 2.75) is 0 Å². The number of nitrogens with zero attached hydrogens (tertiary/aromatic N) is 2. The third kappa shape index (κ3) is 3.90. The first-order valence-corrected chi connectivity index (χ1v) is 8.65. The Morgan fingerprint density at radius 2 is 1.74 bits per heavy atom. The van der Waals surface area contributed by atoms with Crippen LogP contribution in [0.1, 0.15) is 5.69 Å². The molecule has 0 amide bonds. The highest BCUT2D eigenvalue weighted by Crippen LogP contribution is 2.41. The van der Waals surface area contributed by atoms with E-state index in [1.807, 2.05) is 24.3 Å². The van der Waals surface area contributed by atoms with Gasteiger partial charge in [0.05, 0.1) is 33.2 Å². The van der Waals surface area contributed by atoms with Gasteiger partial charge >= 0.3 is 5.95 Å². The second-order valence-electron chi connectivity index (χ2n) is 5.33. The van der Waals surface area contributed by atoms with Gasteiger partial charge in [-0.3, -0.25) is 4.99 Å². The Bertz CT molecular complexity index is 959. The lowest BCUT2D eigenvalue weighted by Gasteiger charge is -2.12. The van der Waals surface area contributed by atoms with Crippen LogP contribution < -0.4 is 14.2 Å². The molecule has 0 saturated heterocycles. The molecule has 8 heteroatoms. The molecule has 2 aromatic carbocycles. The fourth-order valence-electron chi connectivity index (χ4n) is 2.42. The SMILES string of the molecule is COc1cc(-c2nc(C=Nc3ccccc3Br)c(O)o2)cc(OC)c1OC. The van der Waals surface area contributed by atoms with E-state index in [4.69, 9.17) is 18.6 Å². The molecule has 7 nitrogen and oxygen atoms in total. The smallest absolute Gasteiger partial charge is 0.312 e. The molecule has 0 spiro atoms. The molecule has 0 aliphatic carbocycles. The number of methoxy groups -OCH3 is 3. The number of rotatable bonds is 6. The van der Waals surface area contributed by atoms with Crippen molar-refractivity contribution in [3.63, 3.8) is 0 Å². The monoisotopic (exact) mass is 432 g/mol. The lowest BCUT2D eigenvalue weighted by molar-refractivity contribution is 0.323. The quantitative estimate of drug-likeness (QED) is 0.573. The molecular formula is C19H17BrN2O5. The first kappa shape index (κ1) is 18.8. The third-order valence-corrected chi connectivity index (χ3v) is 4.40. The Hall–Kier alpha value is -3.00. The molecule has 0 radical (unpaired) electrons. The van der Waals surface area contributed by atoms with E-state index in [1.54, 1.807) is 12.1 Å². The summed E-state index contributed by atoms with van der Waals surface area (Å²) in [5.41, 5.74) is 1.46. The van der Waals surface area contributed by atoms with E-state index in [0.717, 1.165) is 4.47 Å². The second-order valence-corrected chi connectivity index (χ2v) is 6.19. The number of para-hydroxylation sites is 1. The van der Waals surface area contributed by atoms with Crippen LogP contribution in [0.5, 0.6) is 23.2 Å². The van der Waals surface area contributed by atoms with Crippen LogP contribution in [0.15, 0.2) is 50.3 Å². The van der Waals surface area contributed by atoms with Gasteiger partial charge in [0.2, 0.25) is 11.6 Å². The molecular weight excluding hydrogens is 416 g/mol. The van der Waals surface area contributed by atoms with E-state index in [2.05, 4.69) is 25.9 Å².